The number of benzene rings is 3. The summed E-state index contributed by atoms with van der Waals surface area (Å²) in [7, 11) is 0. The van der Waals surface area contributed by atoms with E-state index in [-0.39, 0.29) is 0 Å². The Morgan fingerprint density at radius 2 is 1.77 bits per heavy atom. The van der Waals surface area contributed by atoms with Crippen LogP contribution in [0.1, 0.15) is 35.1 Å². The van der Waals surface area contributed by atoms with E-state index < -0.39 is 0 Å². The molecule has 1 aliphatic heterocycles. The van der Waals surface area contributed by atoms with E-state index in [9.17, 15) is 0 Å². The summed E-state index contributed by atoms with van der Waals surface area (Å²) >= 11 is 3.64. The number of hydrogen-bond acceptors (Lipinski definition) is 4. The molecule has 1 atom stereocenters. The van der Waals surface area contributed by atoms with Crippen molar-refractivity contribution < 1.29 is 0 Å². The number of hydrogen-bond donors (Lipinski definition) is 1. The molecule has 0 saturated carbocycles. The number of anilines is 1. The first kappa shape index (κ1) is 24.6. The van der Waals surface area contributed by atoms with Crippen LogP contribution in [0, 0.1) is 12.8 Å². The average molecular weight is 579 g/mol. The second kappa shape index (κ2) is 10.2. The Labute approximate surface area is 238 Å². The van der Waals surface area contributed by atoms with Crippen molar-refractivity contribution in [3.63, 3.8) is 0 Å². The van der Waals surface area contributed by atoms with Crippen LogP contribution in [0.15, 0.2) is 83.5 Å². The van der Waals surface area contributed by atoms with Crippen molar-refractivity contribution >= 4 is 27.4 Å². The summed E-state index contributed by atoms with van der Waals surface area (Å²) in [4.78, 5) is 7.55. The largest absolute Gasteiger partial charge is 0.370 e. The summed E-state index contributed by atoms with van der Waals surface area (Å²) in [6.07, 6.45) is 5.36. The molecule has 0 bridgehead atoms. The first-order chi connectivity index (χ1) is 19.1. The van der Waals surface area contributed by atoms with Crippen LogP contribution in [0.2, 0.25) is 0 Å². The Bertz CT molecular complexity index is 1670. The predicted octanol–water partition coefficient (Wildman–Crippen LogP) is 7.36. The van der Waals surface area contributed by atoms with Crippen molar-refractivity contribution in [2.45, 2.75) is 32.7 Å². The van der Waals surface area contributed by atoms with Crippen LogP contribution in [-0.4, -0.2) is 39.1 Å². The fraction of sp³-hybridized carbons (Fsp3) is 0.273. The summed E-state index contributed by atoms with van der Waals surface area (Å²) in [6.45, 7) is 6.34. The Morgan fingerprint density at radius 1 is 0.949 bits per heavy atom. The zero-order valence-corrected chi connectivity index (χ0v) is 23.8. The first-order valence-corrected chi connectivity index (χ1v) is 14.7. The number of fused-ring (bicyclic) bond motifs is 4. The average Bonchev–Trinajstić information content (AvgIpc) is 3.52. The van der Waals surface area contributed by atoms with Gasteiger partial charge in [0, 0.05) is 31.3 Å². The van der Waals surface area contributed by atoms with Gasteiger partial charge in [-0.3, -0.25) is 4.90 Å². The van der Waals surface area contributed by atoms with Crippen molar-refractivity contribution in [2.75, 3.05) is 25.0 Å². The van der Waals surface area contributed by atoms with E-state index >= 15 is 0 Å². The maximum absolute atomic E-state index is 4.92. The molecule has 1 N–H and O–H groups in total. The standard InChI is InChI=1S/C33H32BrN5/c1-22-7-2-4-10-27(22)31-17-32(39-33(37-31)30(34)19-36-39)35-18-24-8-6-14-38(21-24)20-23-12-13-29-26(15-23)16-25-9-3-5-11-28(25)29/h2-5,7,9-13,15,17,19,24,35H,6,8,14,16,18,20-21H2,1H3. The minimum Gasteiger partial charge on any atom is -0.370 e. The van der Waals surface area contributed by atoms with Crippen LogP contribution >= 0.6 is 15.9 Å². The highest BCUT2D eigenvalue weighted by atomic mass is 79.9. The third kappa shape index (κ3) is 4.77. The summed E-state index contributed by atoms with van der Waals surface area (Å²) in [6, 6.07) is 26.5. The maximum atomic E-state index is 4.92. The zero-order chi connectivity index (χ0) is 26.3. The van der Waals surface area contributed by atoms with Gasteiger partial charge in [0.1, 0.15) is 5.82 Å². The SMILES string of the molecule is Cc1ccccc1-c1cc(NCC2CCCN(Cc3ccc4c(c3)Cc3ccccc3-4)C2)n2ncc(Br)c2n1. The van der Waals surface area contributed by atoms with E-state index in [1.807, 2.05) is 10.7 Å². The molecular weight excluding hydrogens is 546 g/mol. The van der Waals surface area contributed by atoms with E-state index in [2.05, 4.69) is 111 Å². The number of piperidine rings is 1. The Hall–Kier alpha value is -3.48. The molecule has 0 amide bonds. The number of nitrogens with one attached hydrogen (secondary N) is 1. The highest BCUT2D eigenvalue weighted by Gasteiger charge is 2.23. The topological polar surface area (TPSA) is 45.5 Å². The van der Waals surface area contributed by atoms with Gasteiger partial charge in [0.05, 0.1) is 16.4 Å². The smallest absolute Gasteiger partial charge is 0.172 e. The molecule has 2 aromatic heterocycles. The fourth-order valence-electron chi connectivity index (χ4n) is 6.33. The highest BCUT2D eigenvalue weighted by molar-refractivity contribution is 9.10. The molecule has 3 heterocycles. The minimum absolute atomic E-state index is 0.585. The normalized spacial score (nSPS) is 16.8. The molecule has 6 heteroatoms. The number of aromatic nitrogens is 3. The van der Waals surface area contributed by atoms with Crippen molar-refractivity contribution in [3.05, 3.63) is 106 Å². The molecule has 3 aromatic carbocycles. The number of aryl methyl sites for hydroxylation is 1. The number of nitrogens with zero attached hydrogens (tertiary/aromatic N) is 4. The maximum Gasteiger partial charge on any atom is 0.172 e. The van der Waals surface area contributed by atoms with Gasteiger partial charge in [0.25, 0.3) is 0 Å². The van der Waals surface area contributed by atoms with E-state index in [1.54, 1.807) is 0 Å². The number of halogens is 1. The van der Waals surface area contributed by atoms with Gasteiger partial charge < -0.3 is 5.32 Å². The van der Waals surface area contributed by atoms with Crippen LogP contribution in [0.5, 0.6) is 0 Å². The predicted molar refractivity (Wildman–Crippen MR) is 162 cm³/mol. The van der Waals surface area contributed by atoms with Gasteiger partial charge in [-0.05, 0) is 88.0 Å². The number of rotatable bonds is 6. The lowest BCUT2D eigenvalue weighted by atomic mass is 9.97. The minimum atomic E-state index is 0.585. The lowest BCUT2D eigenvalue weighted by molar-refractivity contribution is 0.173. The summed E-state index contributed by atoms with van der Waals surface area (Å²) in [5.41, 5.74) is 11.3. The fourth-order valence-corrected chi connectivity index (χ4v) is 6.67. The lowest BCUT2D eigenvalue weighted by Crippen LogP contribution is -2.37. The molecule has 7 rings (SSSR count). The van der Waals surface area contributed by atoms with Crippen molar-refractivity contribution in [2.24, 2.45) is 5.92 Å². The van der Waals surface area contributed by atoms with Gasteiger partial charge >= 0.3 is 0 Å². The van der Waals surface area contributed by atoms with Gasteiger partial charge in [-0.15, -0.1) is 0 Å². The molecule has 2 aliphatic rings. The second-order valence-corrected chi connectivity index (χ2v) is 11.9. The van der Waals surface area contributed by atoms with Crippen molar-refractivity contribution in [1.82, 2.24) is 19.5 Å². The van der Waals surface area contributed by atoms with E-state index in [0.29, 0.717) is 5.92 Å². The van der Waals surface area contributed by atoms with Crippen molar-refractivity contribution in [1.29, 1.82) is 0 Å². The van der Waals surface area contributed by atoms with Crippen LogP contribution < -0.4 is 5.32 Å². The van der Waals surface area contributed by atoms with Crippen molar-refractivity contribution in [3.8, 4) is 22.4 Å². The molecule has 1 aliphatic carbocycles. The molecule has 39 heavy (non-hydrogen) atoms. The molecule has 1 unspecified atom stereocenters. The van der Waals surface area contributed by atoms with Crippen LogP contribution in [-0.2, 0) is 13.0 Å². The summed E-state index contributed by atoms with van der Waals surface area (Å²) in [5, 5.41) is 8.33. The Kier molecular flexibility index (Phi) is 6.45. The van der Waals surface area contributed by atoms with Crippen LogP contribution in [0.3, 0.4) is 0 Å². The van der Waals surface area contributed by atoms with Gasteiger partial charge in [0.15, 0.2) is 5.65 Å². The lowest BCUT2D eigenvalue weighted by Gasteiger charge is -2.33. The molecule has 1 saturated heterocycles. The third-order valence-corrected chi connectivity index (χ3v) is 8.85. The summed E-state index contributed by atoms with van der Waals surface area (Å²) in [5.74, 6) is 1.57. The molecule has 5 aromatic rings. The Balaban J connectivity index is 1.05. The molecule has 0 spiro atoms. The van der Waals surface area contributed by atoms with E-state index in [0.717, 1.165) is 59.8 Å². The van der Waals surface area contributed by atoms with E-state index in [1.165, 1.54) is 46.2 Å². The monoisotopic (exact) mass is 577 g/mol. The second-order valence-electron chi connectivity index (χ2n) is 11.0. The highest BCUT2D eigenvalue weighted by Crippen LogP contribution is 2.37. The first-order valence-electron chi connectivity index (χ1n) is 13.9. The zero-order valence-electron chi connectivity index (χ0n) is 22.2. The van der Waals surface area contributed by atoms with Gasteiger partial charge in [-0.25, -0.2) is 4.98 Å². The molecule has 196 valence electrons. The summed E-state index contributed by atoms with van der Waals surface area (Å²) < 4.78 is 2.82. The molecule has 5 nitrogen and oxygen atoms in total. The third-order valence-electron chi connectivity index (χ3n) is 8.29. The molecule has 1 fully saturated rings. The molecular formula is C33H32BrN5. The molecule has 0 radical (unpaired) electrons. The van der Waals surface area contributed by atoms with Gasteiger partial charge in [-0.2, -0.15) is 9.61 Å². The van der Waals surface area contributed by atoms with Gasteiger partial charge in [0.2, 0.25) is 0 Å². The van der Waals surface area contributed by atoms with Crippen LogP contribution in [0.4, 0.5) is 5.82 Å². The Morgan fingerprint density at radius 3 is 2.67 bits per heavy atom. The number of likely N-dealkylation sites (tertiary alicyclic amines) is 1. The van der Waals surface area contributed by atoms with Crippen LogP contribution in [0.25, 0.3) is 28.0 Å². The van der Waals surface area contributed by atoms with Gasteiger partial charge in [-0.1, -0.05) is 66.7 Å². The quantitative estimate of drug-likeness (QED) is 0.224. The van der Waals surface area contributed by atoms with E-state index in [4.69, 9.17) is 4.98 Å².